The first-order valence-corrected chi connectivity index (χ1v) is 14.8. The van der Waals surface area contributed by atoms with Crippen LogP contribution in [0.1, 0.15) is 56.9 Å². The second kappa shape index (κ2) is 11.9. The summed E-state index contributed by atoms with van der Waals surface area (Å²) in [5.74, 6) is -0.0405. The molecule has 2 saturated heterocycles. The molecule has 2 aliphatic heterocycles. The molecule has 6 atom stereocenters. The average molecular weight is 600 g/mol. The minimum Gasteiger partial charge on any atom is -0.446 e. The number of nitrogens with zero attached hydrogens (tertiary/aromatic N) is 2. The van der Waals surface area contributed by atoms with E-state index in [0.29, 0.717) is 17.0 Å². The molecule has 1 aliphatic carbocycles. The Morgan fingerprint density at radius 3 is 2.80 bits per heavy atom. The molecule has 15 heteroatoms. The van der Waals surface area contributed by atoms with E-state index in [2.05, 4.69) is 10.3 Å². The van der Waals surface area contributed by atoms with Gasteiger partial charge in [0.05, 0.1) is 19.3 Å². The molecule has 0 bridgehead atoms. The number of amides is 1. The van der Waals surface area contributed by atoms with E-state index in [1.807, 2.05) is 0 Å². The monoisotopic (exact) mass is 599 g/mol. The van der Waals surface area contributed by atoms with Crippen molar-refractivity contribution >= 4 is 31.3 Å². The van der Waals surface area contributed by atoms with Gasteiger partial charge in [0, 0.05) is 17.6 Å². The molecule has 3 fully saturated rings. The van der Waals surface area contributed by atoms with Crippen molar-refractivity contribution in [3.8, 4) is 0 Å². The number of hydrogen-bond acceptors (Lipinski definition) is 11. The van der Waals surface area contributed by atoms with Crippen LogP contribution < -0.4 is 11.0 Å². The van der Waals surface area contributed by atoms with E-state index in [9.17, 15) is 24.4 Å². The maximum atomic E-state index is 13.2. The molecule has 0 radical (unpaired) electrons. The zero-order valence-corrected chi connectivity index (χ0v) is 23.3. The normalized spacial score (nSPS) is 32.7. The van der Waals surface area contributed by atoms with Crippen molar-refractivity contribution in [2.75, 3.05) is 18.5 Å². The highest BCUT2D eigenvalue weighted by Gasteiger charge is 2.54. The second-order valence-electron chi connectivity index (χ2n) is 10.2. The van der Waals surface area contributed by atoms with Crippen molar-refractivity contribution in [1.29, 1.82) is 0 Å². The van der Waals surface area contributed by atoms with E-state index in [0.717, 1.165) is 30.3 Å². The molecule has 1 amide bonds. The van der Waals surface area contributed by atoms with Gasteiger partial charge < -0.3 is 19.7 Å². The first kappa shape index (κ1) is 29.2. The lowest BCUT2D eigenvalue weighted by Gasteiger charge is -2.30. The van der Waals surface area contributed by atoms with Crippen LogP contribution >= 0.6 is 19.4 Å². The van der Waals surface area contributed by atoms with E-state index in [-0.39, 0.29) is 18.5 Å². The smallest absolute Gasteiger partial charge is 0.446 e. The van der Waals surface area contributed by atoms with Crippen molar-refractivity contribution in [3.63, 3.8) is 0 Å². The molecule has 218 valence electrons. The van der Waals surface area contributed by atoms with E-state index in [4.69, 9.17) is 34.6 Å². The molecule has 1 saturated carbocycles. The molecule has 13 nitrogen and oxygen atoms in total. The molecule has 3 N–H and O–H groups in total. The van der Waals surface area contributed by atoms with Gasteiger partial charge in [0.15, 0.2) is 6.23 Å². The fraction of sp³-hybridized carbons (Fsp3) is 0.560. The maximum absolute atomic E-state index is 13.2. The number of phosphoric acid groups is 1. The lowest BCUT2D eigenvalue weighted by molar-refractivity contribution is -0.0989. The number of nitrogens with one attached hydrogen (secondary N) is 1. The van der Waals surface area contributed by atoms with Crippen molar-refractivity contribution < 1.29 is 42.6 Å². The van der Waals surface area contributed by atoms with Crippen LogP contribution in [0.25, 0.3) is 0 Å². The van der Waals surface area contributed by atoms with Gasteiger partial charge in [-0.2, -0.15) is 4.98 Å². The van der Waals surface area contributed by atoms with Gasteiger partial charge in [-0.25, -0.2) is 14.2 Å². The number of benzene rings is 1. The molecular formula is C25H31ClN3O10P. The number of carbonyl (C=O) groups excluding carboxylic acids is 1. The maximum Gasteiger partial charge on any atom is 0.475 e. The van der Waals surface area contributed by atoms with Crippen molar-refractivity contribution in [2.24, 2.45) is 0 Å². The van der Waals surface area contributed by atoms with Gasteiger partial charge in [-0.05, 0) is 56.4 Å². The Hall–Kier alpha value is -2.35. The number of ether oxygens (including phenoxy) is 2. The highest BCUT2D eigenvalue weighted by Crippen LogP contribution is 2.57. The van der Waals surface area contributed by atoms with Gasteiger partial charge in [0.25, 0.3) is 0 Å². The molecule has 5 rings (SSSR count). The molecule has 2 aromatic rings. The topological polar surface area (TPSA) is 168 Å². The second-order valence-corrected chi connectivity index (χ2v) is 12.2. The van der Waals surface area contributed by atoms with Gasteiger partial charge in [0.1, 0.15) is 29.7 Å². The number of anilines is 1. The predicted octanol–water partition coefficient (Wildman–Crippen LogP) is 3.70. The highest BCUT2D eigenvalue weighted by atomic mass is 35.5. The molecule has 40 heavy (non-hydrogen) atoms. The standard InChI is InChI=1S/C25H31ClN3O10P/c1-25(33)21(30)19(14-36-40(34)35-12-10-18(39-40)15-5-4-6-16(26)13-15)38-22(25)29-11-9-20(27-23(29)31)28-24(32)37-17-7-2-3-8-17/h4-6,9,11,13,17-19,21-22,30,33H,2-3,7-8,10,12,14H2,1H3,(H,27,28,31,32)/t18-,19+,21+,22+,25+,40?/m0/s1. The van der Waals surface area contributed by atoms with Crippen LogP contribution in [0.4, 0.5) is 10.6 Å². The van der Waals surface area contributed by atoms with Gasteiger partial charge in [-0.3, -0.25) is 23.5 Å². The first-order chi connectivity index (χ1) is 19.0. The fourth-order valence-electron chi connectivity index (χ4n) is 5.01. The molecule has 1 aromatic heterocycles. The Bertz CT molecular complexity index is 1330. The Morgan fingerprint density at radius 1 is 1.30 bits per heavy atom. The molecule has 3 aliphatic rings. The average Bonchev–Trinajstić information content (AvgIpc) is 3.49. The van der Waals surface area contributed by atoms with Crippen LogP contribution in [0.2, 0.25) is 5.02 Å². The van der Waals surface area contributed by atoms with E-state index in [1.165, 1.54) is 19.2 Å². The summed E-state index contributed by atoms with van der Waals surface area (Å²) in [5, 5.41) is 24.7. The van der Waals surface area contributed by atoms with Crippen LogP contribution in [0.15, 0.2) is 41.3 Å². The molecule has 1 unspecified atom stereocenters. The third kappa shape index (κ3) is 6.42. The SMILES string of the molecule is C[C@@]1(O)[C@H](O)[C@@H](COP2(=O)OCC[C@@H](c3cccc(Cl)c3)O2)O[C@H]1n1ccc(NC(=O)OC2CCCC2)nc1=O. The minimum absolute atomic E-state index is 0.0405. The summed E-state index contributed by atoms with van der Waals surface area (Å²) < 4.78 is 41.6. The van der Waals surface area contributed by atoms with Gasteiger partial charge >= 0.3 is 19.6 Å². The molecule has 1 aromatic carbocycles. The number of phosphoric ester groups is 1. The number of aliphatic hydroxyl groups is 2. The van der Waals surface area contributed by atoms with Crippen LogP contribution in [0, 0.1) is 0 Å². The zero-order valence-electron chi connectivity index (χ0n) is 21.7. The van der Waals surface area contributed by atoms with Gasteiger partial charge in [-0.1, -0.05) is 23.7 Å². The number of carbonyl (C=O) groups is 1. The van der Waals surface area contributed by atoms with Gasteiger partial charge in [-0.15, -0.1) is 0 Å². The number of aromatic nitrogens is 2. The summed E-state index contributed by atoms with van der Waals surface area (Å²) in [5.41, 5.74) is -2.10. The summed E-state index contributed by atoms with van der Waals surface area (Å²) in [6.45, 7) is 0.908. The number of rotatable bonds is 7. The minimum atomic E-state index is -4.05. The summed E-state index contributed by atoms with van der Waals surface area (Å²) >= 11 is 6.05. The number of aliphatic hydroxyl groups excluding tert-OH is 1. The number of hydrogen-bond donors (Lipinski definition) is 3. The Morgan fingerprint density at radius 2 is 2.08 bits per heavy atom. The summed E-state index contributed by atoms with van der Waals surface area (Å²) in [6.07, 6.45) is -0.316. The fourth-order valence-corrected chi connectivity index (χ4v) is 6.60. The zero-order chi connectivity index (χ0) is 28.5. The van der Waals surface area contributed by atoms with E-state index in [1.54, 1.807) is 24.3 Å². The summed E-state index contributed by atoms with van der Waals surface area (Å²) in [4.78, 5) is 28.7. The highest BCUT2D eigenvalue weighted by molar-refractivity contribution is 7.48. The lowest BCUT2D eigenvalue weighted by Crippen LogP contribution is -2.46. The van der Waals surface area contributed by atoms with Crippen LogP contribution in [-0.2, 0) is 27.6 Å². The van der Waals surface area contributed by atoms with Crippen LogP contribution in [0.3, 0.4) is 0 Å². The van der Waals surface area contributed by atoms with Crippen LogP contribution in [-0.4, -0.2) is 63.0 Å². The van der Waals surface area contributed by atoms with Crippen LogP contribution in [0.5, 0.6) is 0 Å². The quantitative estimate of drug-likeness (QED) is 0.397. The molecule has 3 heterocycles. The van der Waals surface area contributed by atoms with E-state index >= 15 is 0 Å². The van der Waals surface area contributed by atoms with Gasteiger partial charge in [0.2, 0.25) is 0 Å². The predicted molar refractivity (Wildman–Crippen MR) is 141 cm³/mol. The molecule has 0 spiro atoms. The van der Waals surface area contributed by atoms with Crippen molar-refractivity contribution in [1.82, 2.24) is 9.55 Å². The van der Waals surface area contributed by atoms with E-state index < -0.39 is 56.4 Å². The first-order valence-electron chi connectivity index (χ1n) is 13.0. The third-order valence-electron chi connectivity index (χ3n) is 7.15. The largest absolute Gasteiger partial charge is 0.475 e. The Labute approximate surface area is 234 Å². The lowest BCUT2D eigenvalue weighted by atomic mass is 9.96. The Kier molecular flexibility index (Phi) is 8.65. The van der Waals surface area contributed by atoms with Crippen molar-refractivity contribution in [2.45, 2.75) is 75.3 Å². The third-order valence-corrected chi connectivity index (χ3v) is 8.86. The summed E-state index contributed by atoms with van der Waals surface area (Å²) in [6, 6.07) is 8.26. The van der Waals surface area contributed by atoms with Crippen molar-refractivity contribution in [3.05, 3.63) is 57.6 Å². The Balaban J connectivity index is 1.22. The number of halogens is 1. The molecular weight excluding hydrogens is 569 g/mol. The summed E-state index contributed by atoms with van der Waals surface area (Å²) in [7, 11) is -4.05.